The molecule has 0 aromatic heterocycles. The Hall–Kier alpha value is -2.34. The van der Waals surface area contributed by atoms with Crippen molar-refractivity contribution in [1.82, 2.24) is 0 Å². The molecule has 130 valence electrons. The van der Waals surface area contributed by atoms with Crippen LogP contribution in [0.5, 0.6) is 0 Å². The molecule has 0 radical (unpaired) electrons. The maximum Gasteiger partial charge on any atom is 0.246 e. The second-order valence-electron chi connectivity index (χ2n) is 6.69. The standard InChI is InChI=1S/C19H20N2O3S/c1-13-10-15-4-2-3-5-17(15)21(13)19(22)12-20-16-7-6-14-8-9-25(23,24)18(14)11-16/h2-7,11,13,20H,8-10,12H2,1H3. The summed E-state index contributed by atoms with van der Waals surface area (Å²) in [6.45, 7) is 2.18. The Morgan fingerprint density at radius 2 is 2.00 bits per heavy atom. The van der Waals surface area contributed by atoms with Gasteiger partial charge in [0.15, 0.2) is 9.84 Å². The summed E-state index contributed by atoms with van der Waals surface area (Å²) >= 11 is 0. The number of nitrogens with zero attached hydrogens (tertiary/aromatic N) is 1. The third-order valence-corrected chi connectivity index (χ3v) is 6.75. The Bertz CT molecular complexity index is 953. The van der Waals surface area contributed by atoms with Crippen LogP contribution < -0.4 is 10.2 Å². The molecular weight excluding hydrogens is 336 g/mol. The molecule has 2 heterocycles. The molecule has 25 heavy (non-hydrogen) atoms. The monoisotopic (exact) mass is 356 g/mol. The highest BCUT2D eigenvalue weighted by atomic mass is 32.2. The lowest BCUT2D eigenvalue weighted by Crippen LogP contribution is -2.39. The minimum Gasteiger partial charge on any atom is -0.376 e. The van der Waals surface area contributed by atoms with Crippen LogP contribution in [0.15, 0.2) is 47.4 Å². The SMILES string of the molecule is CC1Cc2ccccc2N1C(=O)CNc1ccc2c(c1)S(=O)(=O)CC2. The van der Waals surface area contributed by atoms with Crippen molar-refractivity contribution in [3.05, 3.63) is 53.6 Å². The lowest BCUT2D eigenvalue weighted by molar-refractivity contribution is -0.117. The number of aryl methyl sites for hydroxylation is 1. The third kappa shape index (κ3) is 2.80. The van der Waals surface area contributed by atoms with Crippen LogP contribution in [0.3, 0.4) is 0 Å². The summed E-state index contributed by atoms with van der Waals surface area (Å²) in [6.07, 6.45) is 1.43. The number of sulfone groups is 1. The molecule has 1 atom stereocenters. The summed E-state index contributed by atoms with van der Waals surface area (Å²) in [5, 5.41) is 3.08. The molecular formula is C19H20N2O3S. The molecule has 2 aromatic carbocycles. The summed E-state index contributed by atoms with van der Waals surface area (Å²) in [5.74, 6) is 0.160. The van der Waals surface area contributed by atoms with E-state index in [9.17, 15) is 13.2 Å². The van der Waals surface area contributed by atoms with E-state index >= 15 is 0 Å². The number of carbonyl (C=O) groups excluding carboxylic acids is 1. The summed E-state index contributed by atoms with van der Waals surface area (Å²) in [7, 11) is -3.17. The molecule has 2 aromatic rings. The van der Waals surface area contributed by atoms with Crippen molar-refractivity contribution in [3.8, 4) is 0 Å². The Labute approximate surface area is 147 Å². The van der Waals surface area contributed by atoms with Crippen LogP contribution >= 0.6 is 0 Å². The van der Waals surface area contributed by atoms with Gasteiger partial charge in [-0.25, -0.2) is 8.42 Å². The molecule has 0 spiro atoms. The molecule has 6 heteroatoms. The number of hydrogen-bond donors (Lipinski definition) is 1. The number of carbonyl (C=O) groups is 1. The predicted molar refractivity (Wildman–Crippen MR) is 97.8 cm³/mol. The van der Waals surface area contributed by atoms with Crippen molar-refractivity contribution in [2.24, 2.45) is 0 Å². The van der Waals surface area contributed by atoms with Gasteiger partial charge < -0.3 is 10.2 Å². The highest BCUT2D eigenvalue weighted by Gasteiger charge is 2.30. The first kappa shape index (κ1) is 16.1. The van der Waals surface area contributed by atoms with Crippen LogP contribution in [0.4, 0.5) is 11.4 Å². The number of rotatable bonds is 3. The van der Waals surface area contributed by atoms with Crippen LogP contribution in [-0.2, 0) is 27.5 Å². The van der Waals surface area contributed by atoms with E-state index in [0.717, 1.165) is 17.7 Å². The van der Waals surface area contributed by atoms with E-state index in [-0.39, 0.29) is 24.2 Å². The molecule has 1 N–H and O–H groups in total. The van der Waals surface area contributed by atoms with Gasteiger partial charge in [-0.05, 0) is 49.1 Å². The van der Waals surface area contributed by atoms with Gasteiger partial charge in [0.05, 0.1) is 17.2 Å². The van der Waals surface area contributed by atoms with Gasteiger partial charge in [0.2, 0.25) is 5.91 Å². The van der Waals surface area contributed by atoms with Crippen LogP contribution in [0.25, 0.3) is 0 Å². The fourth-order valence-corrected chi connectivity index (χ4v) is 5.31. The molecule has 2 aliphatic heterocycles. The first-order chi connectivity index (χ1) is 12.0. The van der Waals surface area contributed by atoms with Gasteiger partial charge in [0.25, 0.3) is 0 Å². The number of benzene rings is 2. The molecule has 1 amide bonds. The van der Waals surface area contributed by atoms with Crippen molar-refractivity contribution in [1.29, 1.82) is 0 Å². The van der Waals surface area contributed by atoms with E-state index < -0.39 is 9.84 Å². The summed E-state index contributed by atoms with van der Waals surface area (Å²) in [5.41, 5.74) is 3.68. The number of nitrogens with one attached hydrogen (secondary N) is 1. The molecule has 1 unspecified atom stereocenters. The van der Waals surface area contributed by atoms with E-state index in [1.54, 1.807) is 6.07 Å². The van der Waals surface area contributed by atoms with Crippen molar-refractivity contribution in [2.75, 3.05) is 22.5 Å². The first-order valence-corrected chi connectivity index (χ1v) is 10.1. The maximum atomic E-state index is 12.7. The van der Waals surface area contributed by atoms with E-state index in [4.69, 9.17) is 0 Å². The van der Waals surface area contributed by atoms with Gasteiger partial charge in [-0.1, -0.05) is 24.3 Å². The zero-order valence-corrected chi connectivity index (χ0v) is 14.8. The molecule has 0 fully saturated rings. The van der Waals surface area contributed by atoms with Crippen molar-refractivity contribution >= 4 is 27.1 Å². The lowest BCUT2D eigenvalue weighted by atomic mass is 10.1. The van der Waals surface area contributed by atoms with Gasteiger partial charge in [-0.3, -0.25) is 4.79 Å². The minimum atomic E-state index is -3.17. The third-order valence-electron chi connectivity index (χ3n) is 4.96. The zero-order chi connectivity index (χ0) is 17.6. The second kappa shape index (κ2) is 5.88. The average molecular weight is 356 g/mol. The molecule has 0 bridgehead atoms. The Kier molecular flexibility index (Phi) is 3.80. The summed E-state index contributed by atoms with van der Waals surface area (Å²) in [4.78, 5) is 14.9. The highest BCUT2D eigenvalue weighted by molar-refractivity contribution is 7.91. The zero-order valence-electron chi connectivity index (χ0n) is 14.0. The molecule has 0 saturated carbocycles. The highest BCUT2D eigenvalue weighted by Crippen LogP contribution is 2.32. The summed E-state index contributed by atoms with van der Waals surface area (Å²) in [6, 6.07) is 13.4. The maximum absolute atomic E-state index is 12.7. The fourth-order valence-electron chi connectivity index (χ4n) is 3.72. The molecule has 4 rings (SSSR count). The first-order valence-electron chi connectivity index (χ1n) is 8.45. The minimum absolute atomic E-state index is 0.0131. The van der Waals surface area contributed by atoms with Gasteiger partial charge in [0.1, 0.15) is 0 Å². The fraction of sp³-hybridized carbons (Fsp3) is 0.316. The molecule has 0 aliphatic carbocycles. The second-order valence-corrected chi connectivity index (χ2v) is 8.77. The topological polar surface area (TPSA) is 66.5 Å². The quantitative estimate of drug-likeness (QED) is 0.917. The normalized spacial score (nSPS) is 20.2. The smallest absolute Gasteiger partial charge is 0.246 e. The van der Waals surface area contributed by atoms with Gasteiger partial charge in [-0.2, -0.15) is 0 Å². The Balaban J connectivity index is 1.50. The van der Waals surface area contributed by atoms with Crippen LogP contribution in [0.2, 0.25) is 0 Å². The van der Waals surface area contributed by atoms with Gasteiger partial charge in [-0.15, -0.1) is 0 Å². The van der Waals surface area contributed by atoms with Crippen molar-refractivity contribution < 1.29 is 13.2 Å². The number of para-hydroxylation sites is 1. The lowest BCUT2D eigenvalue weighted by Gasteiger charge is -2.23. The van der Waals surface area contributed by atoms with Crippen molar-refractivity contribution in [3.63, 3.8) is 0 Å². The Morgan fingerprint density at radius 3 is 2.84 bits per heavy atom. The predicted octanol–water partition coefficient (Wildman–Crippen LogP) is 2.41. The largest absolute Gasteiger partial charge is 0.376 e. The van der Waals surface area contributed by atoms with Crippen LogP contribution in [-0.4, -0.2) is 32.7 Å². The summed E-state index contributed by atoms with van der Waals surface area (Å²) < 4.78 is 24.1. The Morgan fingerprint density at radius 1 is 1.20 bits per heavy atom. The van der Waals surface area contributed by atoms with Crippen LogP contribution in [0, 0.1) is 0 Å². The van der Waals surface area contributed by atoms with E-state index in [2.05, 4.69) is 11.4 Å². The van der Waals surface area contributed by atoms with E-state index in [1.807, 2.05) is 42.2 Å². The molecule has 2 aliphatic rings. The molecule has 5 nitrogen and oxygen atoms in total. The van der Waals surface area contributed by atoms with Crippen molar-refractivity contribution in [2.45, 2.75) is 30.7 Å². The van der Waals surface area contributed by atoms with E-state index in [0.29, 0.717) is 17.0 Å². The van der Waals surface area contributed by atoms with Gasteiger partial charge >= 0.3 is 0 Å². The number of hydrogen-bond acceptors (Lipinski definition) is 4. The number of amides is 1. The van der Waals surface area contributed by atoms with Gasteiger partial charge in [0, 0.05) is 17.4 Å². The number of fused-ring (bicyclic) bond motifs is 2. The molecule has 0 saturated heterocycles. The van der Waals surface area contributed by atoms with Crippen LogP contribution in [0.1, 0.15) is 18.1 Å². The number of anilines is 2. The van der Waals surface area contributed by atoms with E-state index in [1.165, 1.54) is 5.56 Å². The average Bonchev–Trinajstić information content (AvgIpc) is 3.08.